The molecule has 0 fully saturated rings. The molecule has 10 nitrogen and oxygen atoms in total. The van der Waals surface area contributed by atoms with E-state index in [0.717, 1.165) is 0 Å². The minimum absolute atomic E-state index is 0.132. The molecule has 0 aliphatic heterocycles. The van der Waals surface area contributed by atoms with Gasteiger partial charge in [0.1, 0.15) is 11.5 Å². The second-order valence-corrected chi connectivity index (χ2v) is 5.86. The zero-order chi connectivity index (χ0) is 21.7. The third kappa shape index (κ3) is 4.81. The molecule has 0 aliphatic carbocycles. The van der Waals surface area contributed by atoms with Crippen LogP contribution in [0.4, 0.5) is 11.4 Å². The second-order valence-electron chi connectivity index (χ2n) is 5.86. The van der Waals surface area contributed by atoms with Crippen molar-refractivity contribution in [2.45, 2.75) is 0 Å². The quantitative estimate of drug-likeness (QED) is 0.259. The van der Waals surface area contributed by atoms with E-state index in [4.69, 9.17) is 9.47 Å². The number of nitro benzene ring substituents is 2. The molecule has 3 rings (SSSR count). The number of carbonyl (C=O) groups excluding carboxylic acids is 2. The lowest BCUT2D eigenvalue weighted by molar-refractivity contribution is -0.385. The molecule has 3 aromatic rings. The largest absolute Gasteiger partial charge is 0.423 e. The molecule has 150 valence electrons. The third-order valence-corrected chi connectivity index (χ3v) is 3.87. The average Bonchev–Trinajstić information content (AvgIpc) is 2.74. The highest BCUT2D eigenvalue weighted by Gasteiger charge is 2.14. The molecule has 0 saturated carbocycles. The van der Waals surface area contributed by atoms with Crippen LogP contribution in [0.5, 0.6) is 11.5 Å². The maximum absolute atomic E-state index is 12.2. The van der Waals surface area contributed by atoms with E-state index in [-0.39, 0.29) is 34.0 Å². The van der Waals surface area contributed by atoms with Crippen LogP contribution in [0.25, 0.3) is 0 Å². The van der Waals surface area contributed by atoms with Crippen LogP contribution < -0.4 is 9.47 Å². The molecule has 0 amide bonds. The first-order valence-corrected chi connectivity index (χ1v) is 8.37. The summed E-state index contributed by atoms with van der Waals surface area (Å²) < 4.78 is 10.3. The van der Waals surface area contributed by atoms with E-state index in [9.17, 15) is 29.8 Å². The molecular weight excluding hydrogens is 396 g/mol. The summed E-state index contributed by atoms with van der Waals surface area (Å²) >= 11 is 0. The molecule has 0 radical (unpaired) electrons. The Labute approximate surface area is 168 Å². The minimum Gasteiger partial charge on any atom is -0.423 e. The number of non-ortho nitro benzene ring substituents is 2. The summed E-state index contributed by atoms with van der Waals surface area (Å²) in [5.74, 6) is -1.15. The molecule has 3 aromatic carbocycles. The van der Waals surface area contributed by atoms with Crippen LogP contribution in [0.1, 0.15) is 20.7 Å². The van der Waals surface area contributed by atoms with Crippen LogP contribution in [0.15, 0.2) is 72.8 Å². The van der Waals surface area contributed by atoms with Gasteiger partial charge in [0.15, 0.2) is 0 Å². The van der Waals surface area contributed by atoms with Crippen LogP contribution >= 0.6 is 0 Å². The van der Waals surface area contributed by atoms with Gasteiger partial charge in [-0.15, -0.1) is 0 Å². The van der Waals surface area contributed by atoms with Gasteiger partial charge in [0.05, 0.1) is 21.0 Å². The predicted molar refractivity (Wildman–Crippen MR) is 103 cm³/mol. The van der Waals surface area contributed by atoms with Crippen LogP contribution in [-0.4, -0.2) is 21.8 Å². The molecule has 30 heavy (non-hydrogen) atoms. The van der Waals surface area contributed by atoms with Crippen molar-refractivity contribution in [2.75, 3.05) is 0 Å². The van der Waals surface area contributed by atoms with Gasteiger partial charge in [-0.25, -0.2) is 9.59 Å². The van der Waals surface area contributed by atoms with Crippen LogP contribution in [0.3, 0.4) is 0 Å². The first-order chi connectivity index (χ1) is 14.3. The van der Waals surface area contributed by atoms with Gasteiger partial charge in [0, 0.05) is 24.3 Å². The smallest absolute Gasteiger partial charge is 0.343 e. The number of rotatable bonds is 6. The van der Waals surface area contributed by atoms with E-state index < -0.39 is 21.8 Å². The van der Waals surface area contributed by atoms with Crippen molar-refractivity contribution in [2.24, 2.45) is 0 Å². The molecular formula is C20H12N2O8. The molecule has 0 heterocycles. The topological polar surface area (TPSA) is 139 Å². The molecule has 0 unspecified atom stereocenters. The van der Waals surface area contributed by atoms with E-state index in [0.29, 0.717) is 0 Å². The minimum atomic E-state index is -0.709. The monoisotopic (exact) mass is 408 g/mol. The number of hydrogen-bond donors (Lipinski definition) is 0. The molecule has 0 aromatic heterocycles. The van der Waals surface area contributed by atoms with E-state index in [2.05, 4.69) is 0 Å². The van der Waals surface area contributed by atoms with Gasteiger partial charge in [0.25, 0.3) is 11.4 Å². The Morgan fingerprint density at radius 2 is 0.867 bits per heavy atom. The average molecular weight is 408 g/mol. The molecule has 0 bridgehead atoms. The zero-order valence-electron chi connectivity index (χ0n) is 15.1. The van der Waals surface area contributed by atoms with Crippen molar-refractivity contribution in [1.29, 1.82) is 0 Å². The lowest BCUT2D eigenvalue weighted by atomic mass is 10.1. The predicted octanol–water partition coefficient (Wildman–Crippen LogP) is 3.94. The summed E-state index contributed by atoms with van der Waals surface area (Å²) in [5, 5.41) is 21.3. The van der Waals surface area contributed by atoms with Crippen molar-refractivity contribution < 1.29 is 28.9 Å². The number of nitrogens with zero attached hydrogens (tertiary/aromatic N) is 2. The van der Waals surface area contributed by atoms with E-state index in [1.54, 1.807) is 0 Å². The Bertz CT molecular complexity index is 1020. The summed E-state index contributed by atoms with van der Waals surface area (Å²) in [4.78, 5) is 44.5. The first kappa shape index (κ1) is 20.1. The van der Waals surface area contributed by atoms with Crippen molar-refractivity contribution in [3.63, 3.8) is 0 Å². The zero-order valence-corrected chi connectivity index (χ0v) is 15.1. The van der Waals surface area contributed by atoms with Crippen LogP contribution in [-0.2, 0) is 0 Å². The maximum Gasteiger partial charge on any atom is 0.343 e. The van der Waals surface area contributed by atoms with Crippen molar-refractivity contribution in [3.05, 3.63) is 104 Å². The number of benzene rings is 3. The lowest BCUT2D eigenvalue weighted by Crippen LogP contribution is -2.11. The Morgan fingerprint density at radius 3 is 1.13 bits per heavy atom. The van der Waals surface area contributed by atoms with Gasteiger partial charge < -0.3 is 9.47 Å². The van der Waals surface area contributed by atoms with Crippen molar-refractivity contribution >= 4 is 23.3 Å². The fourth-order valence-electron chi connectivity index (χ4n) is 2.35. The summed E-state index contributed by atoms with van der Waals surface area (Å²) in [5.41, 5.74) is 0.0387. The van der Waals surface area contributed by atoms with Gasteiger partial charge in [-0.1, -0.05) is 0 Å². The highest BCUT2D eigenvalue weighted by Crippen LogP contribution is 2.20. The van der Waals surface area contributed by atoms with Gasteiger partial charge >= 0.3 is 11.9 Å². The van der Waals surface area contributed by atoms with Crippen LogP contribution in [0, 0.1) is 20.2 Å². The summed E-state index contributed by atoms with van der Waals surface area (Å²) in [7, 11) is 0. The number of esters is 2. The Balaban J connectivity index is 1.63. The van der Waals surface area contributed by atoms with Crippen molar-refractivity contribution in [1.82, 2.24) is 0 Å². The number of nitro groups is 2. The van der Waals surface area contributed by atoms with Gasteiger partial charge in [-0.05, 0) is 48.5 Å². The number of ether oxygens (including phenoxy) is 2. The summed E-state index contributed by atoms with van der Waals surface area (Å²) in [6, 6.07) is 15.5. The maximum atomic E-state index is 12.2. The summed E-state index contributed by atoms with van der Waals surface area (Å²) in [6.45, 7) is 0. The number of hydrogen-bond acceptors (Lipinski definition) is 8. The molecule has 0 N–H and O–H groups in total. The van der Waals surface area contributed by atoms with Gasteiger partial charge in [-0.2, -0.15) is 0 Å². The Morgan fingerprint density at radius 1 is 0.567 bits per heavy atom. The molecule has 0 spiro atoms. The Hall–Kier alpha value is -4.60. The highest BCUT2D eigenvalue weighted by molar-refractivity contribution is 5.94. The summed E-state index contributed by atoms with van der Waals surface area (Å²) in [6.07, 6.45) is 0. The SMILES string of the molecule is O=C(Oc1ccc([N+](=O)[O-])cc1)c1ccc(C(=O)Oc2ccc([N+](=O)[O-])cc2)cc1. The highest BCUT2D eigenvalue weighted by atomic mass is 16.6. The second kappa shape index (κ2) is 8.61. The molecule has 10 heteroatoms. The third-order valence-electron chi connectivity index (χ3n) is 3.87. The van der Waals surface area contributed by atoms with E-state index >= 15 is 0 Å². The number of carbonyl (C=O) groups is 2. The standard InChI is InChI=1S/C20H12N2O8/c23-19(29-17-9-5-15(6-10-17)21(25)26)13-1-2-14(4-3-13)20(24)30-18-11-7-16(8-12-18)22(27)28/h1-12H. The lowest BCUT2D eigenvalue weighted by Gasteiger charge is -2.06. The van der Waals surface area contributed by atoms with E-state index in [1.807, 2.05) is 0 Å². The van der Waals surface area contributed by atoms with Crippen LogP contribution in [0.2, 0.25) is 0 Å². The normalized spacial score (nSPS) is 10.1. The fourth-order valence-corrected chi connectivity index (χ4v) is 2.35. The molecule has 0 aliphatic rings. The fraction of sp³-hybridized carbons (Fsp3) is 0. The molecule has 0 saturated heterocycles. The van der Waals surface area contributed by atoms with Gasteiger partial charge in [0.2, 0.25) is 0 Å². The van der Waals surface area contributed by atoms with Gasteiger partial charge in [-0.3, -0.25) is 20.2 Å². The van der Waals surface area contributed by atoms with E-state index in [1.165, 1.54) is 72.8 Å². The Kier molecular flexibility index (Phi) is 5.78. The van der Waals surface area contributed by atoms with Crippen molar-refractivity contribution in [3.8, 4) is 11.5 Å². The molecule has 0 atom stereocenters. The first-order valence-electron chi connectivity index (χ1n) is 8.37.